The van der Waals surface area contributed by atoms with E-state index < -0.39 is 0 Å². The molecule has 0 unspecified atom stereocenters. The summed E-state index contributed by atoms with van der Waals surface area (Å²) >= 11 is 0. The van der Waals surface area contributed by atoms with E-state index >= 15 is 0 Å². The van der Waals surface area contributed by atoms with E-state index in [4.69, 9.17) is 0 Å². The topological polar surface area (TPSA) is 56.0 Å². The van der Waals surface area contributed by atoms with E-state index in [0.717, 1.165) is 24.5 Å². The molecule has 1 aliphatic heterocycles. The molecule has 0 spiro atoms. The third-order valence-electron chi connectivity index (χ3n) is 3.79. The second-order valence-corrected chi connectivity index (χ2v) is 5.37. The maximum absolute atomic E-state index is 12.1. The zero-order valence-corrected chi connectivity index (χ0v) is 11.9. The first kappa shape index (κ1) is 12.9. The molecule has 2 aromatic heterocycles. The van der Waals surface area contributed by atoms with Crippen molar-refractivity contribution in [3.8, 4) is 0 Å². The van der Waals surface area contributed by atoms with Crippen LogP contribution in [0.2, 0.25) is 0 Å². The van der Waals surface area contributed by atoms with Crippen LogP contribution in [0.1, 0.15) is 23.9 Å². The molecule has 1 amide bonds. The van der Waals surface area contributed by atoms with Gasteiger partial charge >= 0.3 is 0 Å². The van der Waals surface area contributed by atoms with E-state index in [0.29, 0.717) is 19.0 Å². The predicted molar refractivity (Wildman–Crippen MR) is 74.2 cm³/mol. The monoisotopic (exact) mass is 273 g/mol. The van der Waals surface area contributed by atoms with Crippen molar-refractivity contribution in [1.82, 2.24) is 24.2 Å². The molecule has 3 rings (SSSR count). The largest absolute Gasteiger partial charge is 0.338 e. The van der Waals surface area contributed by atoms with E-state index in [9.17, 15) is 4.79 Å². The van der Waals surface area contributed by atoms with Crippen molar-refractivity contribution in [1.29, 1.82) is 0 Å². The lowest BCUT2D eigenvalue weighted by molar-refractivity contribution is -0.137. The van der Waals surface area contributed by atoms with Crippen LogP contribution in [0.5, 0.6) is 0 Å². The quantitative estimate of drug-likeness (QED) is 0.840. The Morgan fingerprint density at radius 1 is 1.40 bits per heavy atom. The fraction of sp³-hybridized carbons (Fsp3) is 0.500. The summed E-state index contributed by atoms with van der Waals surface area (Å²) in [6.07, 6.45) is 8.07. The van der Waals surface area contributed by atoms with Crippen molar-refractivity contribution in [2.45, 2.75) is 32.9 Å². The van der Waals surface area contributed by atoms with Crippen LogP contribution < -0.4 is 0 Å². The first-order chi connectivity index (χ1) is 9.63. The number of rotatable bonds is 4. The third kappa shape index (κ3) is 2.45. The molecule has 0 aliphatic carbocycles. The van der Waals surface area contributed by atoms with Crippen molar-refractivity contribution < 1.29 is 4.79 Å². The fourth-order valence-electron chi connectivity index (χ4n) is 2.57. The summed E-state index contributed by atoms with van der Waals surface area (Å²) < 4.78 is 3.96. The van der Waals surface area contributed by atoms with Gasteiger partial charge in [-0.25, -0.2) is 4.98 Å². The maximum atomic E-state index is 12.1. The van der Waals surface area contributed by atoms with Gasteiger partial charge in [0.25, 0.3) is 0 Å². The van der Waals surface area contributed by atoms with E-state index in [1.54, 1.807) is 6.20 Å². The number of aryl methyl sites for hydroxylation is 3. The van der Waals surface area contributed by atoms with Gasteiger partial charge in [-0.1, -0.05) is 0 Å². The van der Waals surface area contributed by atoms with Gasteiger partial charge in [0.15, 0.2) is 0 Å². The van der Waals surface area contributed by atoms with E-state index in [-0.39, 0.29) is 5.91 Å². The van der Waals surface area contributed by atoms with E-state index in [1.165, 1.54) is 0 Å². The van der Waals surface area contributed by atoms with Crippen LogP contribution >= 0.6 is 0 Å². The highest BCUT2D eigenvalue weighted by Gasteiger charge is 2.31. The van der Waals surface area contributed by atoms with Crippen LogP contribution in [-0.2, 0) is 11.3 Å². The molecule has 20 heavy (non-hydrogen) atoms. The van der Waals surface area contributed by atoms with Gasteiger partial charge in [-0.2, -0.15) is 5.10 Å². The molecule has 106 valence electrons. The molecule has 0 N–H and O–H groups in total. The Bertz CT molecular complexity index is 609. The molecule has 3 heterocycles. The molecule has 6 heteroatoms. The van der Waals surface area contributed by atoms with Crippen molar-refractivity contribution in [3.05, 3.63) is 36.2 Å². The Morgan fingerprint density at radius 2 is 2.20 bits per heavy atom. The second-order valence-electron chi connectivity index (χ2n) is 5.37. The van der Waals surface area contributed by atoms with Gasteiger partial charge in [0.1, 0.15) is 5.82 Å². The lowest BCUT2D eigenvalue weighted by Gasteiger charge is -2.40. The molecule has 1 aliphatic rings. The lowest BCUT2D eigenvalue weighted by Crippen LogP contribution is -2.51. The molecule has 1 fully saturated rings. The van der Waals surface area contributed by atoms with Crippen LogP contribution in [0.15, 0.2) is 24.8 Å². The molecule has 0 bridgehead atoms. The Kier molecular flexibility index (Phi) is 3.30. The summed E-state index contributed by atoms with van der Waals surface area (Å²) in [6, 6.07) is 0.383. The highest BCUT2D eigenvalue weighted by atomic mass is 16.2. The standard InChI is InChI=1S/C14H19N5O/c1-11-7-16-18(8-11)5-3-14(20)17-9-13(10-17)19-6-4-15-12(19)2/h4,6-8,13H,3,5,9-10H2,1-2H3. The lowest BCUT2D eigenvalue weighted by atomic mass is 10.1. The Labute approximate surface area is 118 Å². The molecule has 0 saturated carbocycles. The van der Waals surface area contributed by atoms with Crippen molar-refractivity contribution in [2.75, 3.05) is 13.1 Å². The van der Waals surface area contributed by atoms with Gasteiger partial charge < -0.3 is 9.47 Å². The minimum Gasteiger partial charge on any atom is -0.338 e. The average Bonchev–Trinajstić information content (AvgIpc) is 2.95. The Hall–Kier alpha value is -2.11. The fourth-order valence-corrected chi connectivity index (χ4v) is 2.57. The number of carbonyl (C=O) groups excluding carboxylic acids is 1. The zero-order valence-electron chi connectivity index (χ0n) is 11.9. The van der Waals surface area contributed by atoms with Crippen molar-refractivity contribution in [2.24, 2.45) is 0 Å². The van der Waals surface area contributed by atoms with Gasteiger partial charge in [0.05, 0.1) is 12.2 Å². The number of carbonyl (C=O) groups is 1. The van der Waals surface area contributed by atoms with Gasteiger partial charge in [0.2, 0.25) is 5.91 Å². The average molecular weight is 273 g/mol. The highest BCUT2D eigenvalue weighted by molar-refractivity contribution is 5.77. The summed E-state index contributed by atoms with van der Waals surface area (Å²) in [5.41, 5.74) is 1.12. The molecule has 0 aromatic carbocycles. The minimum absolute atomic E-state index is 0.201. The molecule has 2 aromatic rings. The molecule has 0 atom stereocenters. The number of nitrogens with zero attached hydrogens (tertiary/aromatic N) is 5. The van der Waals surface area contributed by atoms with E-state index in [2.05, 4.69) is 14.6 Å². The summed E-state index contributed by atoms with van der Waals surface area (Å²) in [6.45, 7) is 6.21. The van der Waals surface area contributed by atoms with E-state index in [1.807, 2.05) is 42.0 Å². The maximum Gasteiger partial charge on any atom is 0.224 e. The number of imidazole rings is 1. The van der Waals surface area contributed by atoms with Crippen LogP contribution in [0, 0.1) is 13.8 Å². The molecule has 0 radical (unpaired) electrons. The smallest absolute Gasteiger partial charge is 0.224 e. The zero-order chi connectivity index (χ0) is 14.1. The summed E-state index contributed by atoms with van der Waals surface area (Å²) in [5, 5.41) is 4.19. The van der Waals surface area contributed by atoms with Crippen molar-refractivity contribution >= 4 is 5.91 Å². The Morgan fingerprint density at radius 3 is 2.80 bits per heavy atom. The first-order valence-electron chi connectivity index (χ1n) is 6.90. The highest BCUT2D eigenvalue weighted by Crippen LogP contribution is 2.22. The predicted octanol–water partition coefficient (Wildman–Crippen LogP) is 1.17. The molecule has 6 nitrogen and oxygen atoms in total. The molecule has 1 saturated heterocycles. The van der Waals surface area contributed by atoms with Gasteiger partial charge in [-0.15, -0.1) is 0 Å². The SMILES string of the molecule is Cc1cnn(CCC(=O)N2CC(n3ccnc3C)C2)c1. The van der Waals surface area contributed by atoms with Gasteiger partial charge in [0, 0.05) is 44.6 Å². The second kappa shape index (κ2) is 5.11. The van der Waals surface area contributed by atoms with Crippen LogP contribution in [0.25, 0.3) is 0 Å². The molecular formula is C14H19N5O. The van der Waals surface area contributed by atoms with Crippen molar-refractivity contribution in [3.63, 3.8) is 0 Å². The minimum atomic E-state index is 0.201. The number of hydrogen-bond donors (Lipinski definition) is 0. The number of aromatic nitrogens is 4. The third-order valence-corrected chi connectivity index (χ3v) is 3.79. The van der Waals surface area contributed by atoms with Crippen LogP contribution in [-0.4, -0.2) is 43.2 Å². The number of hydrogen-bond acceptors (Lipinski definition) is 3. The number of likely N-dealkylation sites (tertiary alicyclic amines) is 1. The Balaban J connectivity index is 1.47. The van der Waals surface area contributed by atoms with Crippen LogP contribution in [0.4, 0.5) is 0 Å². The normalized spacial score (nSPS) is 15.4. The summed E-state index contributed by atoms with van der Waals surface area (Å²) in [5.74, 6) is 1.21. The summed E-state index contributed by atoms with van der Waals surface area (Å²) in [7, 11) is 0. The van der Waals surface area contributed by atoms with Crippen LogP contribution in [0.3, 0.4) is 0 Å². The summed E-state index contributed by atoms with van der Waals surface area (Å²) in [4.78, 5) is 18.2. The van der Waals surface area contributed by atoms with Gasteiger partial charge in [-0.05, 0) is 19.4 Å². The first-order valence-corrected chi connectivity index (χ1v) is 6.90. The molecular weight excluding hydrogens is 254 g/mol. The number of amides is 1. The van der Waals surface area contributed by atoms with Gasteiger partial charge in [-0.3, -0.25) is 9.48 Å².